The van der Waals surface area contributed by atoms with Crippen molar-refractivity contribution in [2.45, 2.75) is 31.3 Å². The monoisotopic (exact) mass is 273 g/mol. The summed E-state index contributed by atoms with van der Waals surface area (Å²) in [6.07, 6.45) is 3.95. The Balaban J connectivity index is 1.62. The summed E-state index contributed by atoms with van der Waals surface area (Å²) >= 11 is 0. The normalized spacial score (nSPS) is 29.4. The highest BCUT2D eigenvalue weighted by Crippen LogP contribution is 2.29. The number of benzene rings is 1. The summed E-state index contributed by atoms with van der Waals surface area (Å²) in [5, 5.41) is 3.61. The molecule has 3 rings (SSSR count). The first kappa shape index (κ1) is 14.1. The summed E-state index contributed by atoms with van der Waals surface area (Å²) in [6.45, 7) is 7.08. The molecule has 1 N–H and O–H groups in total. The lowest BCUT2D eigenvalue weighted by Gasteiger charge is -2.45. The second-order valence-electron chi connectivity index (χ2n) is 6.44. The minimum absolute atomic E-state index is 0.406. The van der Waals surface area contributed by atoms with Crippen LogP contribution in [0.5, 0.6) is 0 Å². The molecule has 1 unspecified atom stereocenters. The van der Waals surface area contributed by atoms with Crippen molar-refractivity contribution in [3.63, 3.8) is 0 Å². The maximum Gasteiger partial charge on any atom is 0.0344 e. The van der Waals surface area contributed by atoms with Crippen LogP contribution in [0.25, 0.3) is 0 Å². The molecule has 2 saturated heterocycles. The van der Waals surface area contributed by atoms with E-state index in [-0.39, 0.29) is 0 Å². The number of nitrogens with zero attached hydrogens (tertiary/aromatic N) is 2. The van der Waals surface area contributed by atoms with Gasteiger partial charge in [-0.15, -0.1) is 0 Å². The summed E-state index contributed by atoms with van der Waals surface area (Å²) < 4.78 is 0. The van der Waals surface area contributed by atoms with Gasteiger partial charge in [0.2, 0.25) is 0 Å². The molecular formula is C17H27N3. The van der Waals surface area contributed by atoms with Crippen LogP contribution in [0.2, 0.25) is 0 Å². The van der Waals surface area contributed by atoms with Crippen LogP contribution >= 0.6 is 0 Å². The second-order valence-corrected chi connectivity index (χ2v) is 6.44. The topological polar surface area (TPSA) is 18.5 Å². The number of piperazine rings is 1. The molecule has 0 radical (unpaired) electrons. The molecule has 0 amide bonds. The van der Waals surface area contributed by atoms with Gasteiger partial charge in [-0.05, 0) is 38.4 Å². The van der Waals surface area contributed by atoms with Gasteiger partial charge in [0, 0.05) is 38.3 Å². The fraction of sp³-hybridized carbons (Fsp3) is 0.647. The van der Waals surface area contributed by atoms with Gasteiger partial charge in [-0.25, -0.2) is 0 Å². The fourth-order valence-electron chi connectivity index (χ4n) is 3.73. The molecule has 2 heterocycles. The Labute approximate surface area is 123 Å². The molecule has 0 saturated carbocycles. The van der Waals surface area contributed by atoms with Gasteiger partial charge in [-0.3, -0.25) is 9.80 Å². The molecule has 1 aromatic rings. The molecule has 3 nitrogen and oxygen atoms in total. The first-order chi connectivity index (χ1) is 9.78. The van der Waals surface area contributed by atoms with Crippen molar-refractivity contribution in [1.82, 2.24) is 15.1 Å². The average Bonchev–Trinajstić information content (AvgIpc) is 2.67. The maximum absolute atomic E-state index is 3.61. The summed E-state index contributed by atoms with van der Waals surface area (Å²) in [6, 6.07) is 10.9. The summed E-state index contributed by atoms with van der Waals surface area (Å²) in [5.74, 6) is 0. The molecule has 2 aliphatic heterocycles. The van der Waals surface area contributed by atoms with Crippen molar-refractivity contribution in [3.8, 4) is 0 Å². The van der Waals surface area contributed by atoms with Crippen molar-refractivity contribution in [3.05, 3.63) is 35.9 Å². The zero-order chi connectivity index (χ0) is 13.8. The molecule has 0 aliphatic carbocycles. The highest BCUT2D eigenvalue weighted by molar-refractivity contribution is 5.14. The van der Waals surface area contributed by atoms with Crippen LogP contribution in [0.4, 0.5) is 0 Å². The van der Waals surface area contributed by atoms with Crippen LogP contribution in [-0.4, -0.2) is 55.1 Å². The maximum atomic E-state index is 3.61. The highest BCUT2D eigenvalue weighted by Gasteiger charge is 2.37. The number of nitrogens with one attached hydrogen (secondary N) is 1. The smallest absolute Gasteiger partial charge is 0.0344 e. The zero-order valence-corrected chi connectivity index (χ0v) is 12.6. The summed E-state index contributed by atoms with van der Waals surface area (Å²) in [7, 11) is 2.31. The molecule has 110 valence electrons. The van der Waals surface area contributed by atoms with Crippen LogP contribution in [0.3, 0.4) is 0 Å². The molecule has 20 heavy (non-hydrogen) atoms. The van der Waals surface area contributed by atoms with E-state index in [4.69, 9.17) is 0 Å². The van der Waals surface area contributed by atoms with Gasteiger partial charge >= 0.3 is 0 Å². The van der Waals surface area contributed by atoms with Crippen molar-refractivity contribution in [2.24, 2.45) is 0 Å². The highest BCUT2D eigenvalue weighted by atomic mass is 15.3. The molecule has 0 bridgehead atoms. The molecular weight excluding hydrogens is 246 g/mol. The third-order valence-electron chi connectivity index (χ3n) is 5.15. The first-order valence-electron chi connectivity index (χ1n) is 7.97. The van der Waals surface area contributed by atoms with Crippen molar-refractivity contribution < 1.29 is 0 Å². The number of likely N-dealkylation sites (tertiary alicyclic amines) is 1. The number of likely N-dealkylation sites (N-methyl/N-ethyl adjacent to an activating group) is 1. The predicted octanol–water partition coefficient (Wildman–Crippen LogP) is 1.95. The molecule has 2 fully saturated rings. The van der Waals surface area contributed by atoms with Crippen LogP contribution in [0.1, 0.15) is 24.8 Å². The third-order valence-corrected chi connectivity index (χ3v) is 5.15. The van der Waals surface area contributed by atoms with E-state index >= 15 is 0 Å². The molecule has 0 aromatic heterocycles. The van der Waals surface area contributed by atoms with Gasteiger partial charge in [0.15, 0.2) is 0 Å². The minimum atomic E-state index is 0.406. The largest absolute Gasteiger partial charge is 0.314 e. The van der Waals surface area contributed by atoms with Gasteiger partial charge in [-0.1, -0.05) is 30.3 Å². The Bertz CT molecular complexity index is 420. The van der Waals surface area contributed by atoms with E-state index < -0.39 is 0 Å². The predicted molar refractivity (Wildman–Crippen MR) is 83.8 cm³/mol. The molecule has 1 spiro atoms. The number of hydrogen-bond acceptors (Lipinski definition) is 3. The van der Waals surface area contributed by atoms with Gasteiger partial charge in [0.1, 0.15) is 0 Å². The zero-order valence-electron chi connectivity index (χ0n) is 12.6. The van der Waals surface area contributed by atoms with Crippen molar-refractivity contribution >= 4 is 0 Å². The Morgan fingerprint density at radius 3 is 2.75 bits per heavy atom. The van der Waals surface area contributed by atoms with E-state index in [1.165, 1.54) is 51.0 Å². The quantitative estimate of drug-likeness (QED) is 0.888. The summed E-state index contributed by atoms with van der Waals surface area (Å²) in [4.78, 5) is 5.24. The fourth-order valence-corrected chi connectivity index (χ4v) is 3.73. The van der Waals surface area contributed by atoms with Crippen LogP contribution in [0.15, 0.2) is 30.3 Å². The van der Waals surface area contributed by atoms with E-state index in [2.05, 4.69) is 52.5 Å². The Morgan fingerprint density at radius 1 is 1.10 bits per heavy atom. The van der Waals surface area contributed by atoms with E-state index in [9.17, 15) is 0 Å². The van der Waals surface area contributed by atoms with Crippen molar-refractivity contribution in [2.75, 3.05) is 39.8 Å². The second kappa shape index (κ2) is 6.25. The molecule has 2 aliphatic rings. The van der Waals surface area contributed by atoms with Crippen LogP contribution in [-0.2, 0) is 6.54 Å². The van der Waals surface area contributed by atoms with E-state index in [1.807, 2.05) is 0 Å². The van der Waals surface area contributed by atoms with Gasteiger partial charge in [0.05, 0.1) is 0 Å². The van der Waals surface area contributed by atoms with E-state index in [0.717, 1.165) is 13.1 Å². The Hall–Kier alpha value is -0.900. The minimum Gasteiger partial charge on any atom is -0.314 e. The third kappa shape index (κ3) is 3.05. The Kier molecular flexibility index (Phi) is 4.39. The average molecular weight is 273 g/mol. The first-order valence-corrected chi connectivity index (χ1v) is 7.97. The number of hydrogen-bond donors (Lipinski definition) is 1. The van der Waals surface area contributed by atoms with Crippen molar-refractivity contribution in [1.29, 1.82) is 0 Å². The van der Waals surface area contributed by atoms with Gasteiger partial charge in [-0.2, -0.15) is 0 Å². The SMILES string of the molecule is CN1CCNCC12CCCN(Cc1ccccc1)CC2. The Morgan fingerprint density at radius 2 is 1.95 bits per heavy atom. The number of rotatable bonds is 2. The summed E-state index contributed by atoms with van der Waals surface area (Å²) in [5.41, 5.74) is 1.85. The molecule has 1 atom stereocenters. The lowest BCUT2D eigenvalue weighted by atomic mass is 9.87. The lowest BCUT2D eigenvalue weighted by molar-refractivity contribution is 0.0719. The van der Waals surface area contributed by atoms with Gasteiger partial charge in [0.25, 0.3) is 0 Å². The van der Waals surface area contributed by atoms with Crippen LogP contribution < -0.4 is 5.32 Å². The standard InChI is InChI=1S/C17H27N3/c1-19-13-10-18-15-17(19)8-5-11-20(12-9-17)14-16-6-3-2-4-7-16/h2-4,6-7,18H,5,8-15H2,1H3. The van der Waals surface area contributed by atoms with Crippen LogP contribution in [0, 0.1) is 0 Å². The van der Waals surface area contributed by atoms with E-state index in [0.29, 0.717) is 5.54 Å². The molecule has 1 aromatic carbocycles. The lowest BCUT2D eigenvalue weighted by Crippen LogP contribution is -2.59. The van der Waals surface area contributed by atoms with Gasteiger partial charge < -0.3 is 5.32 Å². The molecule has 3 heteroatoms. The van der Waals surface area contributed by atoms with E-state index in [1.54, 1.807) is 0 Å².